The molecule has 0 fully saturated rings. The summed E-state index contributed by atoms with van der Waals surface area (Å²) in [7, 11) is 0. The molecule has 76 heavy (non-hydrogen) atoms. The Morgan fingerprint density at radius 3 is 1.63 bits per heavy atom. The van der Waals surface area contributed by atoms with Crippen LogP contribution in [0.15, 0.2) is 259 Å². The van der Waals surface area contributed by atoms with Crippen LogP contribution >= 0.6 is 34.0 Å². The zero-order chi connectivity index (χ0) is 49.8. The van der Waals surface area contributed by atoms with E-state index in [2.05, 4.69) is 259 Å². The van der Waals surface area contributed by atoms with Crippen molar-refractivity contribution >= 4 is 161 Å². The summed E-state index contributed by atoms with van der Waals surface area (Å²) in [6.07, 6.45) is 0. The van der Waals surface area contributed by atoms with Gasteiger partial charge in [0.1, 0.15) is 5.58 Å². The molecule has 3 nitrogen and oxygen atoms in total. The van der Waals surface area contributed by atoms with Gasteiger partial charge in [0.2, 0.25) is 0 Å². The van der Waals surface area contributed by atoms with Gasteiger partial charge in [-0.3, -0.25) is 0 Å². The maximum atomic E-state index is 6.79. The van der Waals surface area contributed by atoms with Crippen molar-refractivity contribution < 1.29 is 4.42 Å². The van der Waals surface area contributed by atoms with Gasteiger partial charge in [-0.25, -0.2) is 0 Å². The predicted molar refractivity (Wildman–Crippen MR) is 330 cm³/mol. The molecule has 0 spiro atoms. The van der Waals surface area contributed by atoms with Crippen LogP contribution in [0.3, 0.4) is 0 Å². The molecule has 16 aromatic rings. The van der Waals surface area contributed by atoms with Crippen molar-refractivity contribution in [1.82, 2.24) is 0 Å². The normalized spacial score (nSPS) is 11.9. The average Bonchev–Trinajstić information content (AvgIpc) is 4.27. The molecule has 0 unspecified atom stereocenters. The summed E-state index contributed by atoms with van der Waals surface area (Å²) in [5.41, 5.74) is 12.8. The van der Waals surface area contributed by atoms with Gasteiger partial charge in [-0.2, -0.15) is 0 Å². The van der Waals surface area contributed by atoms with E-state index in [0.29, 0.717) is 0 Å². The van der Waals surface area contributed by atoms with Crippen molar-refractivity contribution in [3.05, 3.63) is 255 Å². The number of nitrogens with zero attached hydrogens (tertiary/aromatic N) is 2. The number of rotatable bonds is 8. The molecule has 4 heterocycles. The van der Waals surface area contributed by atoms with Crippen molar-refractivity contribution in [2.75, 3.05) is 9.80 Å². The molecular weight excluding hydrogens is 981 g/mol. The highest BCUT2D eigenvalue weighted by Gasteiger charge is 2.23. The summed E-state index contributed by atoms with van der Waals surface area (Å²) in [6, 6.07) is 93.5. The van der Waals surface area contributed by atoms with E-state index in [9.17, 15) is 0 Å². The molecule has 0 atom stereocenters. The first kappa shape index (κ1) is 43.4. The Hall–Kier alpha value is -9.04. The van der Waals surface area contributed by atoms with Gasteiger partial charge < -0.3 is 14.2 Å². The Balaban J connectivity index is 0.893. The Labute approximate surface area is 449 Å². The van der Waals surface area contributed by atoms with Crippen molar-refractivity contribution in [2.24, 2.45) is 0 Å². The van der Waals surface area contributed by atoms with Crippen LogP contribution in [0.4, 0.5) is 34.1 Å². The Morgan fingerprint density at radius 2 is 0.803 bits per heavy atom. The fourth-order valence-corrected chi connectivity index (χ4v) is 15.1. The number of fused-ring (bicyclic) bond motifs is 14. The third kappa shape index (κ3) is 6.92. The molecule has 0 bridgehead atoms. The van der Waals surface area contributed by atoms with Gasteiger partial charge in [-0.15, -0.1) is 34.0 Å². The van der Waals surface area contributed by atoms with E-state index in [4.69, 9.17) is 4.42 Å². The average molecular weight is 1020 g/mol. The van der Waals surface area contributed by atoms with Gasteiger partial charge in [-0.05, 0) is 136 Å². The van der Waals surface area contributed by atoms with Gasteiger partial charge >= 0.3 is 0 Å². The van der Waals surface area contributed by atoms with Crippen LogP contribution in [0, 0.1) is 0 Å². The lowest BCUT2D eigenvalue weighted by Gasteiger charge is -2.29. The molecule has 6 heteroatoms. The summed E-state index contributed by atoms with van der Waals surface area (Å²) in [4.78, 5) is 4.81. The molecule has 0 aliphatic rings. The largest absolute Gasteiger partial charge is 0.454 e. The van der Waals surface area contributed by atoms with Gasteiger partial charge in [0.25, 0.3) is 0 Å². The summed E-state index contributed by atoms with van der Waals surface area (Å²) >= 11 is 5.60. The summed E-state index contributed by atoms with van der Waals surface area (Å²) in [6.45, 7) is 0. The molecule has 0 amide bonds. The van der Waals surface area contributed by atoms with Crippen LogP contribution in [0.5, 0.6) is 0 Å². The summed E-state index contributed by atoms with van der Waals surface area (Å²) in [5.74, 6) is 0. The molecule has 0 aliphatic carbocycles. The van der Waals surface area contributed by atoms with Gasteiger partial charge in [-0.1, -0.05) is 152 Å². The number of furan rings is 1. The minimum Gasteiger partial charge on any atom is -0.454 e. The fraction of sp³-hybridized carbons (Fsp3) is 0. The van der Waals surface area contributed by atoms with E-state index in [1.54, 1.807) is 0 Å². The minimum absolute atomic E-state index is 0.846. The van der Waals surface area contributed by atoms with E-state index in [1.807, 2.05) is 40.1 Å². The molecule has 356 valence electrons. The van der Waals surface area contributed by atoms with Gasteiger partial charge in [0.15, 0.2) is 5.58 Å². The monoisotopic (exact) mass is 1020 g/mol. The highest BCUT2D eigenvalue weighted by atomic mass is 32.1. The molecule has 16 rings (SSSR count). The maximum Gasteiger partial charge on any atom is 0.159 e. The number of anilines is 6. The number of benzene rings is 12. The Morgan fingerprint density at radius 1 is 0.263 bits per heavy atom. The zero-order valence-electron chi connectivity index (χ0n) is 40.8. The topological polar surface area (TPSA) is 19.6 Å². The smallest absolute Gasteiger partial charge is 0.159 e. The zero-order valence-corrected chi connectivity index (χ0v) is 43.2. The van der Waals surface area contributed by atoms with Crippen LogP contribution in [0.1, 0.15) is 0 Å². The first-order valence-electron chi connectivity index (χ1n) is 25.6. The first-order chi connectivity index (χ1) is 37.6. The third-order valence-electron chi connectivity index (χ3n) is 15.2. The molecule has 0 radical (unpaired) electrons. The number of hydrogen-bond acceptors (Lipinski definition) is 6. The third-order valence-corrected chi connectivity index (χ3v) is 18.6. The van der Waals surface area contributed by atoms with Crippen LogP contribution < -0.4 is 9.80 Å². The SMILES string of the molecule is c1ccc(-c2ccc(N(c3cccc(N(c4ccc5c(c4)sc4ccccc45)c4ccc5sc6cc(-c7ccc8sc9ccccc9c8c7)c7ccccc7c6c5c4)c3)c3cccc4c3oc3ccccc34)cc2)cc1. The lowest BCUT2D eigenvalue weighted by molar-refractivity contribution is 0.669. The molecule has 0 saturated heterocycles. The number of thiophene rings is 3. The molecule has 12 aromatic carbocycles. The lowest BCUT2D eigenvalue weighted by Crippen LogP contribution is -2.13. The second-order valence-electron chi connectivity index (χ2n) is 19.6. The van der Waals surface area contributed by atoms with Crippen molar-refractivity contribution in [3.63, 3.8) is 0 Å². The Bertz CT molecular complexity index is 4970. The minimum atomic E-state index is 0.846. The lowest BCUT2D eigenvalue weighted by atomic mass is 9.94. The molecule has 4 aromatic heterocycles. The van der Waals surface area contributed by atoms with Crippen LogP contribution in [-0.2, 0) is 0 Å². The quantitative estimate of drug-likeness (QED) is 0.151. The highest BCUT2D eigenvalue weighted by molar-refractivity contribution is 7.26. The molecule has 0 aliphatic heterocycles. The second-order valence-corrected chi connectivity index (χ2v) is 22.8. The van der Waals surface area contributed by atoms with Gasteiger partial charge in [0, 0.05) is 99.7 Å². The van der Waals surface area contributed by atoms with Crippen molar-refractivity contribution in [2.45, 2.75) is 0 Å². The highest BCUT2D eigenvalue weighted by Crippen LogP contribution is 2.49. The van der Waals surface area contributed by atoms with Crippen LogP contribution in [0.2, 0.25) is 0 Å². The standard InChI is InChI=1S/C70H42N2OS3/c1-2-14-43(15-3-1)44-28-31-46(32-29-44)72(61-24-13-23-57-52-19-6-9-25-62(52)73-70(57)61)48-17-12-16-47(39-48)71(50-33-35-55-53-20-7-10-26-63(53)75-67(55)41-50)49-34-37-66-60(40-49)69-56-22-5-4-18-51(56)58(42-68(69)76-66)45-30-36-65-59(38-45)54-21-8-11-27-64(54)74-65/h1-42H. The van der Waals surface area contributed by atoms with E-state index >= 15 is 0 Å². The van der Waals surface area contributed by atoms with E-state index in [-0.39, 0.29) is 0 Å². The van der Waals surface area contributed by atoms with E-state index in [0.717, 1.165) is 61.6 Å². The molecular formula is C70H42N2OS3. The van der Waals surface area contributed by atoms with E-state index < -0.39 is 0 Å². The predicted octanol–water partition coefficient (Wildman–Crippen LogP) is 22.1. The molecule has 0 saturated carbocycles. The summed E-state index contributed by atoms with van der Waals surface area (Å²) < 4.78 is 14.5. The number of para-hydroxylation sites is 2. The Kier molecular flexibility index (Phi) is 9.85. The van der Waals surface area contributed by atoms with Crippen LogP contribution in [0.25, 0.3) is 115 Å². The van der Waals surface area contributed by atoms with Gasteiger partial charge in [0.05, 0.1) is 5.69 Å². The van der Waals surface area contributed by atoms with Crippen molar-refractivity contribution in [1.29, 1.82) is 0 Å². The maximum absolute atomic E-state index is 6.79. The number of hydrogen-bond donors (Lipinski definition) is 0. The first-order valence-corrected chi connectivity index (χ1v) is 28.1. The van der Waals surface area contributed by atoms with Crippen molar-refractivity contribution in [3.8, 4) is 22.3 Å². The fourth-order valence-electron chi connectivity index (χ4n) is 11.7. The van der Waals surface area contributed by atoms with E-state index in [1.165, 1.54) is 88.0 Å². The molecule has 0 N–H and O–H groups in total. The summed E-state index contributed by atoms with van der Waals surface area (Å²) in [5, 5.41) is 12.5. The van der Waals surface area contributed by atoms with Crippen LogP contribution in [-0.4, -0.2) is 0 Å². The second kappa shape index (κ2) is 17.3.